The number of amides is 1. The summed E-state index contributed by atoms with van der Waals surface area (Å²) in [5, 5.41) is 4.41. The number of rotatable bonds is 3. The molecular formula is C19H20N4O4. The van der Waals surface area contributed by atoms with Crippen molar-refractivity contribution in [2.45, 2.75) is 25.7 Å². The Morgan fingerprint density at radius 3 is 3.00 bits per heavy atom. The SMILES string of the molecule is COc1ccc2[nH]cc(C(=O)N3CCC[C@@H](c4noc(C)n4)C3)c(=O)c2c1. The Balaban J connectivity index is 1.64. The molecule has 0 spiro atoms. The van der Waals surface area contributed by atoms with Gasteiger partial charge in [0.1, 0.15) is 11.3 Å². The first-order chi connectivity index (χ1) is 13.1. The van der Waals surface area contributed by atoms with Gasteiger partial charge in [-0.1, -0.05) is 5.16 Å². The number of hydrogen-bond acceptors (Lipinski definition) is 6. The summed E-state index contributed by atoms with van der Waals surface area (Å²) in [4.78, 5) is 34.9. The summed E-state index contributed by atoms with van der Waals surface area (Å²) in [6, 6.07) is 5.17. The minimum atomic E-state index is -0.301. The van der Waals surface area contributed by atoms with E-state index in [1.165, 1.54) is 13.3 Å². The molecule has 27 heavy (non-hydrogen) atoms. The number of carbonyl (C=O) groups excluding carboxylic acids is 1. The Morgan fingerprint density at radius 2 is 2.26 bits per heavy atom. The van der Waals surface area contributed by atoms with Gasteiger partial charge in [-0.2, -0.15) is 4.98 Å². The molecule has 0 unspecified atom stereocenters. The standard InChI is InChI=1S/C19H20N4O4/c1-11-21-18(22-27-11)12-4-3-7-23(10-12)19(25)15-9-20-16-6-5-13(26-2)8-14(16)17(15)24/h5-6,8-9,12H,3-4,7,10H2,1-2H3,(H,20,24)/t12-/m1/s1. The normalized spacial score (nSPS) is 17.3. The van der Waals surface area contributed by atoms with E-state index in [-0.39, 0.29) is 22.8 Å². The Bertz CT molecular complexity index is 1060. The first-order valence-corrected chi connectivity index (χ1v) is 8.85. The van der Waals surface area contributed by atoms with Gasteiger partial charge in [-0.05, 0) is 31.0 Å². The number of piperidine rings is 1. The second-order valence-corrected chi connectivity index (χ2v) is 6.70. The minimum absolute atomic E-state index is 0.0137. The zero-order chi connectivity index (χ0) is 19.0. The number of aromatic amines is 1. The zero-order valence-electron chi connectivity index (χ0n) is 15.2. The first-order valence-electron chi connectivity index (χ1n) is 8.85. The van der Waals surface area contributed by atoms with Crippen LogP contribution >= 0.6 is 0 Å². The third kappa shape index (κ3) is 3.18. The molecule has 1 aliphatic heterocycles. The monoisotopic (exact) mass is 368 g/mol. The highest BCUT2D eigenvalue weighted by Crippen LogP contribution is 2.26. The average molecular weight is 368 g/mol. The molecule has 1 aromatic carbocycles. The molecule has 1 aliphatic rings. The number of pyridine rings is 1. The number of hydrogen-bond donors (Lipinski definition) is 1. The third-order valence-electron chi connectivity index (χ3n) is 4.94. The number of methoxy groups -OCH3 is 1. The zero-order valence-corrected chi connectivity index (χ0v) is 15.2. The molecule has 3 aromatic rings. The Labute approximate surface area is 155 Å². The number of ether oxygens (including phenoxy) is 1. The summed E-state index contributed by atoms with van der Waals surface area (Å²) in [6.07, 6.45) is 3.19. The lowest BCUT2D eigenvalue weighted by atomic mass is 9.96. The molecule has 1 atom stereocenters. The van der Waals surface area contributed by atoms with E-state index in [1.807, 2.05) is 0 Å². The van der Waals surface area contributed by atoms with E-state index < -0.39 is 0 Å². The second kappa shape index (κ2) is 6.86. The molecular weight excluding hydrogens is 348 g/mol. The van der Waals surface area contributed by atoms with Crippen LogP contribution in [-0.2, 0) is 0 Å². The fraction of sp³-hybridized carbons (Fsp3) is 0.368. The van der Waals surface area contributed by atoms with Crippen LogP contribution in [0.3, 0.4) is 0 Å². The maximum absolute atomic E-state index is 13.0. The first kappa shape index (κ1) is 17.3. The van der Waals surface area contributed by atoms with Gasteiger partial charge in [-0.15, -0.1) is 0 Å². The van der Waals surface area contributed by atoms with Crippen molar-refractivity contribution < 1.29 is 14.1 Å². The van der Waals surface area contributed by atoms with Gasteiger partial charge in [0.05, 0.1) is 7.11 Å². The van der Waals surface area contributed by atoms with Crippen molar-refractivity contribution in [2.24, 2.45) is 0 Å². The van der Waals surface area contributed by atoms with Crippen LogP contribution in [-0.4, -0.2) is 46.1 Å². The topological polar surface area (TPSA) is 101 Å². The Kier molecular flexibility index (Phi) is 4.39. The second-order valence-electron chi connectivity index (χ2n) is 6.70. The van der Waals surface area contributed by atoms with Gasteiger partial charge in [0.2, 0.25) is 11.3 Å². The van der Waals surface area contributed by atoms with E-state index in [2.05, 4.69) is 15.1 Å². The van der Waals surface area contributed by atoms with E-state index in [4.69, 9.17) is 9.26 Å². The molecule has 140 valence electrons. The fourth-order valence-corrected chi connectivity index (χ4v) is 3.51. The van der Waals surface area contributed by atoms with Crippen molar-refractivity contribution in [1.29, 1.82) is 0 Å². The molecule has 0 radical (unpaired) electrons. The summed E-state index contributed by atoms with van der Waals surface area (Å²) >= 11 is 0. The van der Waals surface area contributed by atoms with Crippen LogP contribution in [0, 0.1) is 6.92 Å². The van der Waals surface area contributed by atoms with Crippen LogP contribution in [0.2, 0.25) is 0 Å². The van der Waals surface area contributed by atoms with Gasteiger partial charge in [0.15, 0.2) is 5.82 Å². The average Bonchev–Trinajstić information content (AvgIpc) is 3.14. The highest BCUT2D eigenvalue weighted by atomic mass is 16.5. The molecule has 3 heterocycles. The predicted octanol–water partition coefficient (Wildman–Crippen LogP) is 2.25. The largest absolute Gasteiger partial charge is 0.497 e. The van der Waals surface area contributed by atoms with Crippen LogP contribution in [0.1, 0.15) is 40.8 Å². The van der Waals surface area contributed by atoms with Gasteiger partial charge < -0.3 is 19.1 Å². The molecule has 0 saturated carbocycles. The molecule has 1 saturated heterocycles. The molecule has 8 heteroatoms. The van der Waals surface area contributed by atoms with E-state index in [9.17, 15) is 9.59 Å². The number of nitrogens with zero attached hydrogens (tertiary/aromatic N) is 3. The molecule has 1 N–H and O–H groups in total. The predicted molar refractivity (Wildman–Crippen MR) is 98.0 cm³/mol. The molecule has 0 bridgehead atoms. The summed E-state index contributed by atoms with van der Waals surface area (Å²) < 4.78 is 10.2. The smallest absolute Gasteiger partial charge is 0.259 e. The molecule has 1 fully saturated rings. The highest BCUT2D eigenvalue weighted by molar-refractivity contribution is 5.97. The number of aromatic nitrogens is 3. The summed E-state index contributed by atoms with van der Waals surface area (Å²) in [7, 11) is 1.54. The van der Waals surface area contributed by atoms with E-state index in [0.717, 1.165) is 12.8 Å². The van der Waals surface area contributed by atoms with Gasteiger partial charge in [0, 0.05) is 43.0 Å². The third-order valence-corrected chi connectivity index (χ3v) is 4.94. The lowest BCUT2D eigenvalue weighted by molar-refractivity contribution is 0.0702. The number of carbonyl (C=O) groups is 1. The minimum Gasteiger partial charge on any atom is -0.497 e. The molecule has 4 rings (SSSR count). The number of nitrogens with one attached hydrogen (secondary N) is 1. The van der Waals surface area contributed by atoms with E-state index in [0.29, 0.717) is 41.5 Å². The summed E-state index contributed by atoms with van der Waals surface area (Å²) in [6.45, 7) is 2.81. The lowest BCUT2D eigenvalue weighted by Gasteiger charge is -2.31. The van der Waals surface area contributed by atoms with Crippen LogP contribution < -0.4 is 10.2 Å². The van der Waals surface area contributed by atoms with Gasteiger partial charge in [-0.25, -0.2) is 0 Å². The van der Waals surface area contributed by atoms with Crippen molar-refractivity contribution in [1.82, 2.24) is 20.0 Å². The maximum Gasteiger partial charge on any atom is 0.259 e. The van der Waals surface area contributed by atoms with Crippen molar-refractivity contribution in [3.8, 4) is 5.75 Å². The summed E-state index contributed by atoms with van der Waals surface area (Å²) in [5.74, 6) is 1.42. The molecule has 2 aromatic heterocycles. The van der Waals surface area contributed by atoms with Crippen LogP contribution in [0.25, 0.3) is 10.9 Å². The number of H-pyrrole nitrogens is 1. The fourth-order valence-electron chi connectivity index (χ4n) is 3.51. The highest BCUT2D eigenvalue weighted by Gasteiger charge is 2.29. The number of likely N-dealkylation sites (tertiary alicyclic amines) is 1. The number of aryl methyl sites for hydroxylation is 1. The molecule has 1 amide bonds. The Hall–Kier alpha value is -3.16. The van der Waals surface area contributed by atoms with Crippen molar-refractivity contribution in [3.63, 3.8) is 0 Å². The quantitative estimate of drug-likeness (QED) is 0.761. The molecule has 0 aliphatic carbocycles. The van der Waals surface area contributed by atoms with Crippen molar-refractivity contribution in [3.05, 3.63) is 51.9 Å². The van der Waals surface area contributed by atoms with Crippen LogP contribution in [0.5, 0.6) is 5.75 Å². The van der Waals surface area contributed by atoms with Crippen molar-refractivity contribution >= 4 is 16.8 Å². The van der Waals surface area contributed by atoms with Gasteiger partial charge in [0.25, 0.3) is 5.91 Å². The lowest BCUT2D eigenvalue weighted by Crippen LogP contribution is -2.41. The van der Waals surface area contributed by atoms with Crippen molar-refractivity contribution in [2.75, 3.05) is 20.2 Å². The number of benzene rings is 1. The van der Waals surface area contributed by atoms with E-state index in [1.54, 1.807) is 30.0 Å². The number of fused-ring (bicyclic) bond motifs is 1. The van der Waals surface area contributed by atoms with Gasteiger partial charge >= 0.3 is 0 Å². The van der Waals surface area contributed by atoms with Crippen LogP contribution in [0.4, 0.5) is 0 Å². The van der Waals surface area contributed by atoms with Gasteiger partial charge in [-0.3, -0.25) is 9.59 Å². The Morgan fingerprint density at radius 1 is 1.41 bits per heavy atom. The van der Waals surface area contributed by atoms with Crippen LogP contribution in [0.15, 0.2) is 33.7 Å². The molecule has 8 nitrogen and oxygen atoms in total. The summed E-state index contributed by atoms with van der Waals surface area (Å²) in [5.41, 5.74) is 0.488. The maximum atomic E-state index is 13.0. The van der Waals surface area contributed by atoms with E-state index >= 15 is 0 Å².